The van der Waals surface area contributed by atoms with Crippen molar-refractivity contribution in [3.8, 4) is 0 Å². The van der Waals surface area contributed by atoms with Gasteiger partial charge in [0, 0.05) is 13.1 Å². The molecule has 1 unspecified atom stereocenters. The van der Waals surface area contributed by atoms with Crippen molar-refractivity contribution in [3.05, 3.63) is 35.9 Å². The molecule has 1 aliphatic rings. The second-order valence-electron chi connectivity index (χ2n) is 6.48. The summed E-state index contributed by atoms with van der Waals surface area (Å²) in [5.74, 6) is 0.314. The third-order valence-electron chi connectivity index (χ3n) is 4.69. The highest BCUT2D eigenvalue weighted by Crippen LogP contribution is 2.32. The van der Waals surface area contributed by atoms with Gasteiger partial charge in [-0.05, 0) is 44.3 Å². The van der Waals surface area contributed by atoms with Gasteiger partial charge in [-0.15, -0.1) is 24.8 Å². The van der Waals surface area contributed by atoms with Crippen LogP contribution in [-0.4, -0.2) is 50.2 Å². The van der Waals surface area contributed by atoms with E-state index in [1.165, 1.54) is 12.1 Å². The lowest BCUT2D eigenvalue weighted by molar-refractivity contribution is -0.159. The lowest BCUT2D eigenvalue weighted by Crippen LogP contribution is -2.45. The average Bonchev–Trinajstić information content (AvgIpc) is 2.60. The molecule has 156 valence electrons. The first-order chi connectivity index (χ1) is 11.9. The number of carbonyl (C=O) groups is 1. The van der Waals surface area contributed by atoms with E-state index in [-0.39, 0.29) is 42.8 Å². The Morgan fingerprint density at radius 2 is 1.78 bits per heavy atom. The molecule has 2 N–H and O–H groups in total. The quantitative estimate of drug-likeness (QED) is 0.696. The molecule has 1 saturated heterocycles. The number of piperidine rings is 1. The molecule has 0 aromatic heterocycles. The second kappa shape index (κ2) is 12.4. The SMILES string of the molecule is CNCCC1CCN(C(=O)CNC(c2ccccc2)C(F)(F)F)CC1.Cl.Cl. The fraction of sp³-hybridized carbons (Fsp3) is 0.611. The van der Waals surface area contributed by atoms with Crippen LogP contribution in [0.2, 0.25) is 0 Å². The van der Waals surface area contributed by atoms with E-state index in [0.29, 0.717) is 19.0 Å². The van der Waals surface area contributed by atoms with E-state index < -0.39 is 12.2 Å². The van der Waals surface area contributed by atoms with Gasteiger partial charge in [0.15, 0.2) is 0 Å². The summed E-state index contributed by atoms with van der Waals surface area (Å²) in [4.78, 5) is 13.9. The third-order valence-corrected chi connectivity index (χ3v) is 4.69. The highest BCUT2D eigenvalue weighted by Gasteiger charge is 2.40. The van der Waals surface area contributed by atoms with Gasteiger partial charge in [-0.3, -0.25) is 10.1 Å². The van der Waals surface area contributed by atoms with E-state index in [1.807, 2.05) is 7.05 Å². The number of alkyl halides is 3. The first-order valence-corrected chi connectivity index (χ1v) is 8.69. The molecule has 1 aromatic rings. The maximum atomic E-state index is 13.3. The summed E-state index contributed by atoms with van der Waals surface area (Å²) in [6, 6.07) is 5.80. The lowest BCUT2D eigenvalue weighted by atomic mass is 9.93. The highest BCUT2D eigenvalue weighted by atomic mass is 35.5. The molecule has 1 atom stereocenters. The number of rotatable bonds is 7. The Balaban J connectivity index is 0.00000338. The molecule has 1 aromatic carbocycles. The van der Waals surface area contributed by atoms with Crippen molar-refractivity contribution in [2.75, 3.05) is 33.2 Å². The molecule has 0 bridgehead atoms. The lowest BCUT2D eigenvalue weighted by Gasteiger charge is -2.32. The molecule has 1 amide bonds. The Morgan fingerprint density at radius 1 is 1.19 bits per heavy atom. The predicted octanol–water partition coefficient (Wildman–Crippen LogP) is 3.57. The number of amides is 1. The zero-order valence-corrected chi connectivity index (χ0v) is 16.9. The van der Waals surface area contributed by atoms with Crippen LogP contribution in [0.4, 0.5) is 13.2 Å². The van der Waals surface area contributed by atoms with E-state index in [2.05, 4.69) is 10.6 Å². The van der Waals surface area contributed by atoms with Crippen LogP contribution in [0.15, 0.2) is 30.3 Å². The molecule has 0 radical (unpaired) electrons. The molecule has 0 aliphatic carbocycles. The molecule has 0 saturated carbocycles. The summed E-state index contributed by atoms with van der Waals surface area (Å²) >= 11 is 0. The summed E-state index contributed by atoms with van der Waals surface area (Å²) in [5.41, 5.74) is 0.119. The van der Waals surface area contributed by atoms with Gasteiger partial charge < -0.3 is 10.2 Å². The molecule has 4 nitrogen and oxygen atoms in total. The van der Waals surface area contributed by atoms with Crippen molar-refractivity contribution in [1.29, 1.82) is 0 Å². The Morgan fingerprint density at radius 3 is 2.30 bits per heavy atom. The number of carbonyl (C=O) groups excluding carboxylic acids is 1. The Bertz CT molecular complexity index is 538. The minimum atomic E-state index is -4.44. The number of halogens is 5. The third kappa shape index (κ3) is 8.25. The van der Waals surface area contributed by atoms with Crippen LogP contribution in [0.1, 0.15) is 30.9 Å². The minimum absolute atomic E-state index is 0. The zero-order chi connectivity index (χ0) is 18.3. The van der Waals surface area contributed by atoms with Crippen molar-refractivity contribution >= 4 is 30.7 Å². The maximum Gasteiger partial charge on any atom is 0.407 e. The fourth-order valence-electron chi connectivity index (χ4n) is 3.19. The van der Waals surface area contributed by atoms with Crippen LogP contribution in [0, 0.1) is 5.92 Å². The fourth-order valence-corrected chi connectivity index (χ4v) is 3.19. The second-order valence-corrected chi connectivity index (χ2v) is 6.48. The van der Waals surface area contributed by atoms with E-state index >= 15 is 0 Å². The van der Waals surface area contributed by atoms with Crippen LogP contribution in [0.25, 0.3) is 0 Å². The Labute approximate surface area is 171 Å². The van der Waals surface area contributed by atoms with Crippen molar-refractivity contribution < 1.29 is 18.0 Å². The first kappa shape index (κ1) is 26.0. The minimum Gasteiger partial charge on any atom is -0.342 e. The van der Waals surface area contributed by atoms with Crippen LogP contribution in [0.3, 0.4) is 0 Å². The number of hydrogen-bond donors (Lipinski definition) is 2. The van der Waals surface area contributed by atoms with Crippen molar-refractivity contribution in [1.82, 2.24) is 15.5 Å². The van der Waals surface area contributed by atoms with Gasteiger partial charge in [0.05, 0.1) is 6.54 Å². The van der Waals surface area contributed by atoms with Gasteiger partial charge in [0.2, 0.25) is 5.91 Å². The number of likely N-dealkylation sites (tertiary alicyclic amines) is 1. The standard InChI is InChI=1S/C18H26F3N3O.2ClH/c1-22-10-7-14-8-11-24(12-9-14)16(25)13-23-17(18(19,20)21)15-5-3-2-4-6-15;;/h2-6,14,17,22-23H,7-13H2,1H3;2*1H. The summed E-state index contributed by atoms with van der Waals surface area (Å²) in [6.45, 7) is 1.89. The molecule has 9 heteroatoms. The Hall–Kier alpha value is -1.02. The molecule has 27 heavy (non-hydrogen) atoms. The summed E-state index contributed by atoms with van der Waals surface area (Å²) in [5, 5.41) is 5.51. The number of nitrogens with zero attached hydrogens (tertiary/aromatic N) is 1. The van der Waals surface area contributed by atoms with Gasteiger partial charge in [-0.2, -0.15) is 13.2 Å². The molecule has 0 spiro atoms. The van der Waals surface area contributed by atoms with Crippen LogP contribution >= 0.6 is 24.8 Å². The number of hydrogen-bond acceptors (Lipinski definition) is 3. The average molecular weight is 430 g/mol. The van der Waals surface area contributed by atoms with Gasteiger partial charge in [-0.1, -0.05) is 30.3 Å². The van der Waals surface area contributed by atoms with Crippen molar-refractivity contribution in [3.63, 3.8) is 0 Å². The largest absolute Gasteiger partial charge is 0.407 e. The maximum absolute atomic E-state index is 13.3. The highest BCUT2D eigenvalue weighted by molar-refractivity contribution is 5.85. The molecular weight excluding hydrogens is 402 g/mol. The zero-order valence-electron chi connectivity index (χ0n) is 15.3. The predicted molar refractivity (Wildman–Crippen MR) is 106 cm³/mol. The van der Waals surface area contributed by atoms with Crippen LogP contribution in [-0.2, 0) is 4.79 Å². The van der Waals surface area contributed by atoms with Gasteiger partial charge in [-0.25, -0.2) is 0 Å². The summed E-state index contributed by atoms with van der Waals surface area (Å²) in [7, 11) is 1.91. The molecular formula is C18H28Cl2F3N3O. The van der Waals surface area contributed by atoms with Crippen LogP contribution in [0.5, 0.6) is 0 Å². The summed E-state index contributed by atoms with van der Waals surface area (Å²) < 4.78 is 39.8. The molecule has 1 heterocycles. The topological polar surface area (TPSA) is 44.4 Å². The molecule has 1 aliphatic heterocycles. The normalized spacial score (nSPS) is 16.2. The van der Waals surface area contributed by atoms with E-state index in [9.17, 15) is 18.0 Å². The smallest absolute Gasteiger partial charge is 0.342 e. The monoisotopic (exact) mass is 429 g/mol. The van der Waals surface area contributed by atoms with Crippen molar-refractivity contribution in [2.24, 2.45) is 5.92 Å². The van der Waals surface area contributed by atoms with Gasteiger partial charge >= 0.3 is 6.18 Å². The molecule has 1 fully saturated rings. The van der Waals surface area contributed by atoms with Crippen molar-refractivity contribution in [2.45, 2.75) is 31.5 Å². The first-order valence-electron chi connectivity index (χ1n) is 8.69. The number of benzene rings is 1. The van der Waals surface area contributed by atoms with E-state index in [0.717, 1.165) is 25.8 Å². The van der Waals surface area contributed by atoms with E-state index in [1.54, 1.807) is 23.1 Å². The van der Waals surface area contributed by atoms with Crippen LogP contribution < -0.4 is 10.6 Å². The Kier molecular flexibility index (Phi) is 12.0. The molecule has 2 rings (SSSR count). The van der Waals surface area contributed by atoms with E-state index in [4.69, 9.17) is 0 Å². The van der Waals surface area contributed by atoms with Gasteiger partial charge in [0.1, 0.15) is 6.04 Å². The summed E-state index contributed by atoms with van der Waals surface area (Å²) in [6.07, 6.45) is -1.55. The number of nitrogens with one attached hydrogen (secondary N) is 2. The van der Waals surface area contributed by atoms with Gasteiger partial charge in [0.25, 0.3) is 0 Å².